The van der Waals surface area contributed by atoms with Gasteiger partial charge in [-0.15, -0.1) is 0 Å². The number of nitrogens with one attached hydrogen (secondary N) is 1. The van der Waals surface area contributed by atoms with Crippen LogP contribution in [0.25, 0.3) is 11.3 Å². The average molecular weight is 325 g/mol. The van der Waals surface area contributed by atoms with Crippen molar-refractivity contribution in [3.05, 3.63) is 47.6 Å². The van der Waals surface area contributed by atoms with Crippen LogP contribution in [0, 0.1) is 13.8 Å². The number of pyridine rings is 1. The molecule has 1 amide bonds. The van der Waals surface area contributed by atoms with Gasteiger partial charge in [0, 0.05) is 43.1 Å². The van der Waals surface area contributed by atoms with E-state index in [4.69, 9.17) is 4.52 Å². The predicted molar refractivity (Wildman–Crippen MR) is 89.4 cm³/mol. The van der Waals surface area contributed by atoms with Crippen LogP contribution in [0.1, 0.15) is 23.4 Å². The quantitative estimate of drug-likeness (QED) is 0.779. The van der Waals surface area contributed by atoms with Gasteiger partial charge in [0.2, 0.25) is 5.91 Å². The number of hydrogen-bond acceptors (Lipinski definition) is 5. The monoisotopic (exact) mass is 325 g/mol. The molecular weight excluding hydrogens is 306 g/mol. The Balaban J connectivity index is 1.66. The van der Waals surface area contributed by atoms with Gasteiger partial charge in [-0.25, -0.2) is 0 Å². The molecule has 0 radical (unpaired) electrons. The van der Waals surface area contributed by atoms with Gasteiger partial charge in [0.1, 0.15) is 11.6 Å². The number of carbonyl (C=O) groups excluding carboxylic acids is 1. The molecule has 0 fully saturated rings. The van der Waals surface area contributed by atoms with E-state index in [-0.39, 0.29) is 5.91 Å². The molecule has 0 aliphatic heterocycles. The number of aromatic nitrogens is 4. The van der Waals surface area contributed by atoms with E-state index in [9.17, 15) is 4.79 Å². The maximum Gasteiger partial charge on any atom is 0.225 e. The van der Waals surface area contributed by atoms with E-state index in [1.807, 2.05) is 32.0 Å². The van der Waals surface area contributed by atoms with E-state index in [2.05, 4.69) is 20.6 Å². The van der Waals surface area contributed by atoms with Crippen LogP contribution in [0.2, 0.25) is 0 Å². The third-order valence-electron chi connectivity index (χ3n) is 3.91. The summed E-state index contributed by atoms with van der Waals surface area (Å²) in [5.74, 6) is 1.35. The lowest BCUT2D eigenvalue weighted by molar-refractivity contribution is -0.116. The van der Waals surface area contributed by atoms with Crippen molar-refractivity contribution in [1.82, 2.24) is 19.9 Å². The fourth-order valence-corrected chi connectivity index (χ4v) is 2.55. The molecule has 1 N–H and O–H groups in total. The number of amides is 1. The molecule has 7 heteroatoms. The molecule has 24 heavy (non-hydrogen) atoms. The zero-order chi connectivity index (χ0) is 17.1. The number of anilines is 1. The first-order valence-corrected chi connectivity index (χ1v) is 7.70. The molecule has 0 aromatic carbocycles. The highest BCUT2D eigenvalue weighted by Crippen LogP contribution is 2.21. The van der Waals surface area contributed by atoms with Crippen molar-refractivity contribution in [1.29, 1.82) is 0 Å². The van der Waals surface area contributed by atoms with Crippen LogP contribution in [0.4, 0.5) is 5.82 Å². The lowest BCUT2D eigenvalue weighted by Gasteiger charge is -2.04. The zero-order valence-electron chi connectivity index (χ0n) is 13.9. The van der Waals surface area contributed by atoms with E-state index in [1.165, 1.54) is 0 Å². The molecule has 124 valence electrons. The van der Waals surface area contributed by atoms with Crippen LogP contribution in [-0.2, 0) is 18.3 Å². The topological polar surface area (TPSA) is 85.8 Å². The summed E-state index contributed by atoms with van der Waals surface area (Å²) >= 11 is 0. The summed E-state index contributed by atoms with van der Waals surface area (Å²) in [5.41, 5.74) is 3.58. The van der Waals surface area contributed by atoms with Crippen molar-refractivity contribution in [2.75, 3.05) is 5.32 Å². The lowest BCUT2D eigenvalue weighted by Crippen LogP contribution is -2.15. The highest BCUT2D eigenvalue weighted by molar-refractivity contribution is 5.90. The van der Waals surface area contributed by atoms with Gasteiger partial charge in [-0.05, 0) is 32.4 Å². The first-order chi connectivity index (χ1) is 11.5. The molecule has 3 rings (SSSR count). The molecule has 3 heterocycles. The number of carbonyl (C=O) groups is 1. The maximum absolute atomic E-state index is 12.2. The van der Waals surface area contributed by atoms with Gasteiger partial charge in [-0.1, -0.05) is 5.16 Å². The summed E-state index contributed by atoms with van der Waals surface area (Å²) in [6, 6.07) is 5.61. The van der Waals surface area contributed by atoms with Crippen LogP contribution >= 0.6 is 0 Å². The van der Waals surface area contributed by atoms with Crippen molar-refractivity contribution in [3.63, 3.8) is 0 Å². The van der Waals surface area contributed by atoms with Crippen LogP contribution in [-0.4, -0.2) is 25.8 Å². The van der Waals surface area contributed by atoms with Crippen LogP contribution < -0.4 is 5.32 Å². The Morgan fingerprint density at radius 1 is 1.29 bits per heavy atom. The minimum absolute atomic E-state index is 0.0701. The van der Waals surface area contributed by atoms with Crippen molar-refractivity contribution >= 4 is 11.7 Å². The number of hydrogen-bond donors (Lipinski definition) is 1. The number of aryl methyl sites for hydroxylation is 3. The van der Waals surface area contributed by atoms with Gasteiger partial charge in [0.25, 0.3) is 0 Å². The van der Waals surface area contributed by atoms with Gasteiger partial charge < -0.3 is 9.84 Å². The summed E-state index contributed by atoms with van der Waals surface area (Å²) < 4.78 is 6.77. The van der Waals surface area contributed by atoms with Gasteiger partial charge in [-0.3, -0.25) is 14.5 Å². The molecular formula is C17H19N5O2. The van der Waals surface area contributed by atoms with E-state index in [0.29, 0.717) is 18.7 Å². The molecule has 0 unspecified atom stereocenters. The van der Waals surface area contributed by atoms with Crippen molar-refractivity contribution in [3.8, 4) is 11.3 Å². The number of nitrogens with zero attached hydrogens (tertiary/aromatic N) is 4. The van der Waals surface area contributed by atoms with Crippen LogP contribution in [0.5, 0.6) is 0 Å². The smallest absolute Gasteiger partial charge is 0.225 e. The summed E-state index contributed by atoms with van der Waals surface area (Å²) in [6.07, 6.45) is 4.39. The largest absolute Gasteiger partial charge is 0.361 e. The molecule has 7 nitrogen and oxygen atoms in total. The molecule has 0 atom stereocenters. The van der Waals surface area contributed by atoms with Gasteiger partial charge in [0.05, 0.1) is 11.4 Å². The molecule has 0 spiro atoms. The zero-order valence-corrected chi connectivity index (χ0v) is 13.9. The van der Waals surface area contributed by atoms with Gasteiger partial charge in [0.15, 0.2) is 0 Å². The summed E-state index contributed by atoms with van der Waals surface area (Å²) in [5, 5.41) is 11.2. The van der Waals surface area contributed by atoms with Gasteiger partial charge in [-0.2, -0.15) is 5.10 Å². The second kappa shape index (κ2) is 6.66. The fourth-order valence-electron chi connectivity index (χ4n) is 2.55. The first-order valence-electron chi connectivity index (χ1n) is 7.70. The third-order valence-corrected chi connectivity index (χ3v) is 3.91. The van der Waals surface area contributed by atoms with Crippen LogP contribution in [0.15, 0.2) is 35.1 Å². The second-order valence-electron chi connectivity index (χ2n) is 5.63. The highest BCUT2D eigenvalue weighted by Gasteiger charge is 2.13. The van der Waals surface area contributed by atoms with E-state index >= 15 is 0 Å². The first kappa shape index (κ1) is 15.9. The Bertz CT molecular complexity index is 832. The van der Waals surface area contributed by atoms with Crippen LogP contribution in [0.3, 0.4) is 0 Å². The Kier molecular flexibility index (Phi) is 4.41. The van der Waals surface area contributed by atoms with E-state index in [1.54, 1.807) is 24.1 Å². The minimum atomic E-state index is -0.0701. The summed E-state index contributed by atoms with van der Waals surface area (Å²) in [7, 11) is 1.80. The van der Waals surface area contributed by atoms with Crippen molar-refractivity contribution in [2.45, 2.75) is 26.7 Å². The summed E-state index contributed by atoms with van der Waals surface area (Å²) in [4.78, 5) is 16.2. The second-order valence-corrected chi connectivity index (χ2v) is 5.63. The normalized spacial score (nSPS) is 10.8. The lowest BCUT2D eigenvalue weighted by atomic mass is 10.1. The molecule has 3 aromatic heterocycles. The maximum atomic E-state index is 12.2. The molecule has 3 aromatic rings. The predicted octanol–water partition coefficient (Wildman–Crippen LogP) is 2.66. The minimum Gasteiger partial charge on any atom is -0.361 e. The van der Waals surface area contributed by atoms with E-state index in [0.717, 1.165) is 28.3 Å². The Labute approximate surface area is 139 Å². The van der Waals surface area contributed by atoms with Crippen molar-refractivity contribution < 1.29 is 9.32 Å². The van der Waals surface area contributed by atoms with Gasteiger partial charge >= 0.3 is 0 Å². The molecule has 0 aliphatic rings. The molecule has 0 bridgehead atoms. The van der Waals surface area contributed by atoms with E-state index < -0.39 is 0 Å². The Hall–Kier alpha value is -2.96. The molecule has 0 saturated heterocycles. The Morgan fingerprint density at radius 2 is 2.04 bits per heavy atom. The third kappa shape index (κ3) is 3.34. The molecule has 0 aliphatic carbocycles. The standard InChI is InChI=1S/C17H19N5O2/c1-11-14(12(2)24-21-11)4-5-17(23)19-16-10-15(20-22(16)3)13-6-8-18-9-7-13/h6-10H,4-5H2,1-3H3,(H,19,23). The number of rotatable bonds is 5. The SMILES string of the molecule is Cc1noc(C)c1CCC(=O)Nc1cc(-c2ccncc2)nn1C. The Morgan fingerprint density at radius 3 is 2.71 bits per heavy atom. The molecule has 0 saturated carbocycles. The van der Waals surface area contributed by atoms with Crippen molar-refractivity contribution in [2.24, 2.45) is 7.05 Å². The highest BCUT2D eigenvalue weighted by atomic mass is 16.5. The summed E-state index contributed by atoms with van der Waals surface area (Å²) in [6.45, 7) is 3.74. The average Bonchev–Trinajstić information content (AvgIpc) is 3.09. The fraction of sp³-hybridized carbons (Fsp3) is 0.294.